The predicted molar refractivity (Wildman–Crippen MR) is 63.0 cm³/mol. The fraction of sp³-hybridized carbons (Fsp3) is 0.400. The lowest BCUT2D eigenvalue weighted by atomic mass is 10.3. The molecule has 1 rings (SSSR count). The molecular formula is C10H10F4N2O4S. The van der Waals surface area contributed by atoms with Gasteiger partial charge in [-0.1, -0.05) is 0 Å². The van der Waals surface area contributed by atoms with Gasteiger partial charge in [-0.25, -0.2) is 26.9 Å². The Labute approximate surface area is 117 Å². The monoisotopic (exact) mass is 330 g/mol. The number of aromatic nitrogens is 1. The number of ether oxygens (including phenoxy) is 1. The first kappa shape index (κ1) is 17.1. The van der Waals surface area contributed by atoms with Gasteiger partial charge in [0.25, 0.3) is 5.91 Å². The van der Waals surface area contributed by atoms with Crippen molar-refractivity contribution in [1.82, 2.24) is 9.71 Å². The molecule has 0 saturated heterocycles. The molecule has 1 N–H and O–H groups in total. The largest absolute Gasteiger partial charge is 0.471 e. The molecule has 0 fully saturated rings. The van der Waals surface area contributed by atoms with Gasteiger partial charge in [0.2, 0.25) is 15.9 Å². The molecule has 118 valence electrons. The van der Waals surface area contributed by atoms with Crippen LogP contribution in [-0.4, -0.2) is 44.5 Å². The minimum absolute atomic E-state index is 0.173. The average molecular weight is 330 g/mol. The number of hydrogen-bond acceptors (Lipinski definition) is 5. The highest BCUT2D eigenvalue weighted by Gasteiger charge is 2.41. The van der Waals surface area contributed by atoms with Crippen LogP contribution in [-0.2, 0) is 10.0 Å². The van der Waals surface area contributed by atoms with E-state index in [2.05, 4.69) is 9.72 Å². The number of halogens is 4. The lowest BCUT2D eigenvalue weighted by molar-refractivity contribution is -0.148. The number of carbonyl (C=O) groups is 1. The molecule has 1 aromatic heterocycles. The number of nitrogens with one attached hydrogen (secondary N) is 1. The number of pyridine rings is 1. The molecule has 0 aromatic carbocycles. The molecule has 0 aliphatic rings. The Morgan fingerprint density at radius 2 is 2.05 bits per heavy atom. The Hall–Kier alpha value is -1.91. The van der Waals surface area contributed by atoms with Gasteiger partial charge < -0.3 is 4.74 Å². The second kappa shape index (κ2) is 6.24. The molecule has 0 bridgehead atoms. The smallest absolute Gasteiger partial charge is 0.340 e. The highest BCUT2D eigenvalue weighted by Crippen LogP contribution is 2.23. The van der Waals surface area contributed by atoms with E-state index >= 15 is 0 Å². The van der Waals surface area contributed by atoms with Crippen LogP contribution in [0.15, 0.2) is 18.3 Å². The van der Waals surface area contributed by atoms with Gasteiger partial charge in [-0.15, -0.1) is 0 Å². The summed E-state index contributed by atoms with van der Waals surface area (Å²) >= 11 is 0. The summed E-state index contributed by atoms with van der Waals surface area (Å²) in [5.41, 5.74) is -0.173. The lowest BCUT2D eigenvalue weighted by Crippen LogP contribution is -2.34. The highest BCUT2D eigenvalue weighted by atomic mass is 32.2. The number of rotatable bonds is 6. The normalized spacial score (nSPS) is 12.3. The molecule has 0 aliphatic carbocycles. The number of sulfonamides is 1. The van der Waals surface area contributed by atoms with Gasteiger partial charge >= 0.3 is 12.3 Å². The summed E-state index contributed by atoms with van der Waals surface area (Å²) in [5, 5.41) is 0. The number of hydrogen-bond donors (Lipinski definition) is 1. The first-order valence-electron chi connectivity index (χ1n) is 5.28. The molecular weight excluding hydrogens is 320 g/mol. The molecule has 11 heteroatoms. The highest BCUT2D eigenvalue weighted by molar-refractivity contribution is 7.89. The molecule has 0 radical (unpaired) electrons. The van der Waals surface area contributed by atoms with E-state index in [4.69, 9.17) is 0 Å². The molecule has 0 unspecified atom stereocenters. The molecule has 0 saturated carbocycles. The van der Waals surface area contributed by atoms with Gasteiger partial charge in [0.15, 0.2) is 6.61 Å². The van der Waals surface area contributed by atoms with E-state index in [0.717, 1.165) is 24.6 Å². The maximum absolute atomic E-state index is 12.6. The first-order valence-corrected chi connectivity index (χ1v) is 7.17. The van der Waals surface area contributed by atoms with Crippen LogP contribution in [0.1, 0.15) is 10.4 Å². The van der Waals surface area contributed by atoms with E-state index in [1.54, 1.807) is 4.72 Å². The van der Waals surface area contributed by atoms with Crippen LogP contribution in [0.3, 0.4) is 0 Å². The van der Waals surface area contributed by atoms with Crippen molar-refractivity contribution in [2.24, 2.45) is 0 Å². The van der Waals surface area contributed by atoms with Crippen molar-refractivity contribution >= 4 is 15.9 Å². The number of alkyl halides is 4. The van der Waals surface area contributed by atoms with Gasteiger partial charge in [0, 0.05) is 12.3 Å². The number of nitrogens with zero attached hydrogens (tertiary/aromatic N) is 1. The summed E-state index contributed by atoms with van der Waals surface area (Å²) in [5.74, 6) is -5.71. The minimum atomic E-state index is -4.33. The van der Waals surface area contributed by atoms with Crippen molar-refractivity contribution in [1.29, 1.82) is 0 Å². The maximum Gasteiger partial charge on any atom is 0.340 e. The van der Waals surface area contributed by atoms with Crippen LogP contribution >= 0.6 is 0 Å². The van der Waals surface area contributed by atoms with Crippen LogP contribution < -0.4 is 9.46 Å². The molecule has 1 aromatic rings. The summed E-state index contributed by atoms with van der Waals surface area (Å²) in [6.45, 7) is -1.58. The Balaban J connectivity index is 2.69. The Kier molecular flexibility index (Phi) is 5.10. The summed E-state index contributed by atoms with van der Waals surface area (Å²) in [7, 11) is -3.76. The fourth-order valence-electron chi connectivity index (χ4n) is 1.06. The third-order valence-corrected chi connectivity index (χ3v) is 2.56. The van der Waals surface area contributed by atoms with Gasteiger partial charge in [0.1, 0.15) is 0 Å². The summed E-state index contributed by atoms with van der Waals surface area (Å²) in [6.07, 6.45) is -2.25. The Morgan fingerprint density at radius 1 is 1.43 bits per heavy atom. The second-order valence-electron chi connectivity index (χ2n) is 3.94. The van der Waals surface area contributed by atoms with E-state index in [0.29, 0.717) is 0 Å². The molecule has 6 nitrogen and oxygen atoms in total. The summed E-state index contributed by atoms with van der Waals surface area (Å²) in [4.78, 5) is 14.8. The van der Waals surface area contributed by atoms with Gasteiger partial charge in [-0.2, -0.15) is 8.78 Å². The number of amides is 1. The first-order chi connectivity index (χ1) is 9.51. The zero-order chi connectivity index (χ0) is 16.3. The fourth-order valence-corrected chi connectivity index (χ4v) is 1.52. The van der Waals surface area contributed by atoms with E-state index in [1.807, 2.05) is 0 Å². The lowest BCUT2D eigenvalue weighted by Gasteiger charge is -2.15. The van der Waals surface area contributed by atoms with Crippen molar-refractivity contribution in [2.75, 3.05) is 12.9 Å². The maximum atomic E-state index is 12.6. The van der Waals surface area contributed by atoms with E-state index in [-0.39, 0.29) is 5.56 Å². The Bertz CT molecular complexity index is 604. The van der Waals surface area contributed by atoms with E-state index in [9.17, 15) is 30.8 Å². The van der Waals surface area contributed by atoms with Gasteiger partial charge in [0.05, 0.1) is 11.8 Å². The van der Waals surface area contributed by atoms with Gasteiger partial charge in [-0.05, 0) is 6.07 Å². The zero-order valence-electron chi connectivity index (χ0n) is 10.5. The van der Waals surface area contributed by atoms with Crippen LogP contribution in [0, 0.1) is 0 Å². The molecule has 0 atom stereocenters. The third-order valence-electron chi connectivity index (χ3n) is 2.01. The molecule has 1 heterocycles. The van der Waals surface area contributed by atoms with E-state index < -0.39 is 40.8 Å². The van der Waals surface area contributed by atoms with Crippen LogP contribution in [0.4, 0.5) is 17.6 Å². The zero-order valence-corrected chi connectivity index (χ0v) is 11.3. The molecule has 0 spiro atoms. The number of carbonyl (C=O) groups excluding carboxylic acids is 1. The minimum Gasteiger partial charge on any atom is -0.471 e. The van der Waals surface area contributed by atoms with Crippen LogP contribution in [0.25, 0.3) is 0 Å². The van der Waals surface area contributed by atoms with Crippen molar-refractivity contribution in [3.8, 4) is 5.88 Å². The SMILES string of the molecule is CS(=O)(=O)NC(=O)c1ccc(OCC(F)(F)C(F)F)nc1. The summed E-state index contributed by atoms with van der Waals surface area (Å²) < 4.78 is 76.6. The van der Waals surface area contributed by atoms with E-state index in [1.165, 1.54) is 0 Å². The molecule has 21 heavy (non-hydrogen) atoms. The van der Waals surface area contributed by atoms with Crippen molar-refractivity contribution in [3.63, 3.8) is 0 Å². The third kappa shape index (κ3) is 5.53. The van der Waals surface area contributed by atoms with Crippen LogP contribution in [0.2, 0.25) is 0 Å². The summed E-state index contributed by atoms with van der Waals surface area (Å²) in [6, 6.07) is 2.02. The standard InChI is InChI=1S/C10H10F4N2O4S/c1-21(18,19)16-8(17)6-2-3-7(15-4-6)20-5-10(13,14)9(11)12/h2-4,9H,5H2,1H3,(H,16,17). The van der Waals surface area contributed by atoms with Crippen molar-refractivity contribution in [2.45, 2.75) is 12.3 Å². The quantitative estimate of drug-likeness (QED) is 0.788. The molecule has 1 amide bonds. The molecule has 0 aliphatic heterocycles. The van der Waals surface area contributed by atoms with Crippen molar-refractivity contribution < 1.29 is 35.5 Å². The second-order valence-corrected chi connectivity index (χ2v) is 5.69. The average Bonchev–Trinajstić information content (AvgIpc) is 2.35. The van der Waals surface area contributed by atoms with Gasteiger partial charge in [-0.3, -0.25) is 4.79 Å². The Morgan fingerprint density at radius 3 is 2.48 bits per heavy atom. The topological polar surface area (TPSA) is 85.4 Å². The predicted octanol–water partition coefficient (Wildman–Crippen LogP) is 1.05. The van der Waals surface area contributed by atoms with Crippen molar-refractivity contribution in [3.05, 3.63) is 23.9 Å². The van der Waals surface area contributed by atoms with Crippen LogP contribution in [0.5, 0.6) is 5.88 Å².